The van der Waals surface area contributed by atoms with Crippen LogP contribution in [-0.4, -0.2) is 0 Å². The van der Waals surface area contributed by atoms with E-state index in [-0.39, 0.29) is 11.9 Å². The highest BCUT2D eigenvalue weighted by Crippen LogP contribution is 2.39. The standard InChI is InChI=1S/C15H21BrFN/c1-9-5-10(2)7-11(6-9)15(18)13-4-3-12(16)8-14(13)17/h3-4,8-11,15H,5-7,18H2,1-2H3. The fraction of sp³-hybridized carbons (Fsp3) is 0.600. The quantitative estimate of drug-likeness (QED) is 0.844. The highest BCUT2D eigenvalue weighted by Gasteiger charge is 2.30. The Labute approximate surface area is 117 Å². The van der Waals surface area contributed by atoms with Crippen molar-refractivity contribution in [3.63, 3.8) is 0 Å². The summed E-state index contributed by atoms with van der Waals surface area (Å²) in [6, 6.07) is 5.01. The van der Waals surface area contributed by atoms with Gasteiger partial charge in [-0.3, -0.25) is 0 Å². The highest BCUT2D eigenvalue weighted by molar-refractivity contribution is 9.10. The van der Waals surface area contributed by atoms with Gasteiger partial charge in [-0.15, -0.1) is 0 Å². The molecule has 0 aromatic heterocycles. The van der Waals surface area contributed by atoms with Crippen molar-refractivity contribution < 1.29 is 4.39 Å². The lowest BCUT2D eigenvalue weighted by Crippen LogP contribution is -2.29. The second-order valence-electron chi connectivity index (χ2n) is 5.87. The van der Waals surface area contributed by atoms with E-state index in [1.54, 1.807) is 0 Å². The molecule has 1 aromatic carbocycles. The van der Waals surface area contributed by atoms with Crippen molar-refractivity contribution in [3.8, 4) is 0 Å². The van der Waals surface area contributed by atoms with Gasteiger partial charge in [-0.1, -0.05) is 35.8 Å². The Morgan fingerprint density at radius 2 is 1.83 bits per heavy atom. The van der Waals surface area contributed by atoms with Gasteiger partial charge in [0.25, 0.3) is 0 Å². The summed E-state index contributed by atoms with van der Waals surface area (Å²) >= 11 is 3.28. The van der Waals surface area contributed by atoms with Crippen LogP contribution >= 0.6 is 15.9 Å². The van der Waals surface area contributed by atoms with E-state index in [9.17, 15) is 4.39 Å². The number of nitrogens with two attached hydrogens (primary N) is 1. The molecule has 0 bridgehead atoms. The molecular formula is C15H21BrFN. The summed E-state index contributed by atoms with van der Waals surface area (Å²) in [5.41, 5.74) is 6.95. The highest BCUT2D eigenvalue weighted by atomic mass is 79.9. The molecule has 2 rings (SSSR count). The van der Waals surface area contributed by atoms with Gasteiger partial charge in [0.15, 0.2) is 0 Å². The maximum Gasteiger partial charge on any atom is 0.129 e. The lowest BCUT2D eigenvalue weighted by atomic mass is 9.72. The summed E-state index contributed by atoms with van der Waals surface area (Å²) in [4.78, 5) is 0. The molecule has 3 unspecified atom stereocenters. The van der Waals surface area contributed by atoms with Crippen molar-refractivity contribution in [2.24, 2.45) is 23.5 Å². The normalized spacial score (nSPS) is 30.2. The third kappa shape index (κ3) is 3.12. The van der Waals surface area contributed by atoms with Gasteiger partial charge >= 0.3 is 0 Å². The zero-order chi connectivity index (χ0) is 13.3. The Balaban J connectivity index is 2.17. The van der Waals surface area contributed by atoms with Crippen LogP contribution in [0, 0.1) is 23.6 Å². The maximum atomic E-state index is 13.9. The molecule has 1 nitrogen and oxygen atoms in total. The van der Waals surface area contributed by atoms with Gasteiger partial charge in [0, 0.05) is 16.1 Å². The van der Waals surface area contributed by atoms with Crippen molar-refractivity contribution in [3.05, 3.63) is 34.1 Å². The first-order valence-corrected chi connectivity index (χ1v) is 7.47. The largest absolute Gasteiger partial charge is 0.324 e. The molecule has 0 amide bonds. The molecule has 1 aliphatic carbocycles. The van der Waals surface area contributed by atoms with Crippen molar-refractivity contribution >= 4 is 15.9 Å². The van der Waals surface area contributed by atoms with Gasteiger partial charge < -0.3 is 5.73 Å². The van der Waals surface area contributed by atoms with Gasteiger partial charge in [0.05, 0.1) is 0 Å². The van der Waals surface area contributed by atoms with Crippen LogP contribution in [0.1, 0.15) is 44.7 Å². The first-order valence-electron chi connectivity index (χ1n) is 6.68. The third-order valence-corrected chi connectivity index (χ3v) is 4.54. The fourth-order valence-corrected chi connectivity index (χ4v) is 3.66. The summed E-state index contributed by atoms with van der Waals surface area (Å²) in [5.74, 6) is 1.61. The lowest BCUT2D eigenvalue weighted by Gasteiger charge is -2.35. The van der Waals surface area contributed by atoms with Crippen LogP contribution in [0.5, 0.6) is 0 Å². The monoisotopic (exact) mass is 313 g/mol. The second-order valence-corrected chi connectivity index (χ2v) is 6.78. The smallest absolute Gasteiger partial charge is 0.129 e. The second kappa shape index (κ2) is 5.70. The van der Waals surface area contributed by atoms with Gasteiger partial charge in [0.1, 0.15) is 5.82 Å². The zero-order valence-electron chi connectivity index (χ0n) is 11.0. The third-order valence-electron chi connectivity index (χ3n) is 4.04. The Bertz CT molecular complexity index is 411. The van der Waals surface area contributed by atoms with Gasteiger partial charge in [-0.05, 0) is 49.1 Å². The van der Waals surface area contributed by atoms with E-state index in [1.165, 1.54) is 12.5 Å². The minimum Gasteiger partial charge on any atom is -0.324 e. The van der Waals surface area contributed by atoms with E-state index in [4.69, 9.17) is 5.73 Å². The summed E-state index contributed by atoms with van der Waals surface area (Å²) in [7, 11) is 0. The van der Waals surface area contributed by atoms with Crippen molar-refractivity contribution in [1.82, 2.24) is 0 Å². The molecule has 0 aliphatic heterocycles. The number of rotatable bonds is 2. The van der Waals surface area contributed by atoms with Crippen molar-refractivity contribution in [2.45, 2.75) is 39.2 Å². The predicted molar refractivity (Wildman–Crippen MR) is 76.7 cm³/mol. The average molecular weight is 314 g/mol. The molecule has 0 radical (unpaired) electrons. The van der Waals surface area contributed by atoms with Crippen LogP contribution < -0.4 is 5.73 Å². The maximum absolute atomic E-state index is 13.9. The van der Waals surface area contributed by atoms with Crippen molar-refractivity contribution in [1.29, 1.82) is 0 Å². The molecule has 1 aromatic rings. The van der Waals surface area contributed by atoms with E-state index < -0.39 is 0 Å². The van der Waals surface area contributed by atoms with E-state index in [1.807, 2.05) is 12.1 Å². The molecule has 2 N–H and O–H groups in total. The minimum absolute atomic E-state index is 0.178. The molecule has 3 atom stereocenters. The molecule has 0 spiro atoms. The topological polar surface area (TPSA) is 26.0 Å². The van der Waals surface area contributed by atoms with Crippen LogP contribution in [0.25, 0.3) is 0 Å². The molecule has 0 heterocycles. The van der Waals surface area contributed by atoms with Crippen LogP contribution in [0.4, 0.5) is 4.39 Å². The fourth-order valence-electron chi connectivity index (χ4n) is 3.33. The summed E-state index contributed by atoms with van der Waals surface area (Å²) in [6.45, 7) is 4.54. The van der Waals surface area contributed by atoms with Crippen LogP contribution in [0.2, 0.25) is 0 Å². The first-order chi connectivity index (χ1) is 8.47. The van der Waals surface area contributed by atoms with E-state index >= 15 is 0 Å². The Morgan fingerprint density at radius 3 is 2.39 bits per heavy atom. The molecule has 0 saturated heterocycles. The number of benzene rings is 1. The van der Waals surface area contributed by atoms with Crippen LogP contribution in [0.15, 0.2) is 22.7 Å². The molecule has 3 heteroatoms. The van der Waals surface area contributed by atoms with Gasteiger partial charge in [-0.2, -0.15) is 0 Å². The molecule has 1 fully saturated rings. The van der Waals surface area contributed by atoms with E-state index in [0.29, 0.717) is 23.3 Å². The van der Waals surface area contributed by atoms with Gasteiger partial charge in [0.2, 0.25) is 0 Å². The molecule has 1 aliphatic rings. The van der Waals surface area contributed by atoms with Crippen LogP contribution in [0.3, 0.4) is 0 Å². The lowest BCUT2D eigenvalue weighted by molar-refractivity contribution is 0.192. The molecular weight excluding hydrogens is 293 g/mol. The summed E-state index contributed by atoms with van der Waals surface area (Å²) in [5, 5.41) is 0. The Morgan fingerprint density at radius 1 is 1.22 bits per heavy atom. The zero-order valence-corrected chi connectivity index (χ0v) is 12.6. The first kappa shape index (κ1) is 14.0. The van der Waals surface area contributed by atoms with Crippen LogP contribution in [-0.2, 0) is 0 Å². The van der Waals surface area contributed by atoms with Gasteiger partial charge in [-0.25, -0.2) is 4.39 Å². The number of halogens is 2. The van der Waals surface area contributed by atoms with E-state index in [0.717, 1.165) is 17.3 Å². The molecule has 18 heavy (non-hydrogen) atoms. The SMILES string of the molecule is CC1CC(C)CC(C(N)c2ccc(Br)cc2F)C1. The molecule has 1 saturated carbocycles. The molecule has 100 valence electrons. The summed E-state index contributed by atoms with van der Waals surface area (Å²) in [6.07, 6.45) is 3.49. The Kier molecular flexibility index (Phi) is 4.44. The summed E-state index contributed by atoms with van der Waals surface area (Å²) < 4.78 is 14.7. The average Bonchev–Trinajstić information content (AvgIpc) is 2.26. The van der Waals surface area contributed by atoms with E-state index in [2.05, 4.69) is 29.8 Å². The van der Waals surface area contributed by atoms with Crippen molar-refractivity contribution in [2.75, 3.05) is 0 Å². The predicted octanol–water partition coefficient (Wildman–Crippen LogP) is 4.66. The number of hydrogen-bond donors (Lipinski definition) is 1. The number of hydrogen-bond acceptors (Lipinski definition) is 1. The minimum atomic E-state index is -0.192. The Hall–Kier alpha value is -0.410.